The molecule has 2 aliphatic rings. The fourth-order valence-corrected chi connectivity index (χ4v) is 4.20. The van der Waals surface area contributed by atoms with Gasteiger partial charge in [0.25, 0.3) is 5.56 Å². The molecule has 4 rings (SSSR count). The summed E-state index contributed by atoms with van der Waals surface area (Å²) in [6.45, 7) is 1.75. The average molecular weight is 354 g/mol. The largest absolute Gasteiger partial charge is 0.345 e. The Labute approximate surface area is 151 Å². The standard InChI is InChI=1S/C19H22N4O3/c1-21-9-4-7-19(18(21)26)8-10-22(12-19)16(24)11-23-13-20-15-6-3-2-5-14(15)17(23)25/h2-3,5-6,13H,4,7-12H2,1H3/t19-/m0/s1. The molecule has 1 spiro atoms. The summed E-state index contributed by atoms with van der Waals surface area (Å²) in [5.41, 5.74) is -0.0292. The van der Waals surface area contributed by atoms with E-state index >= 15 is 0 Å². The number of hydrogen-bond acceptors (Lipinski definition) is 4. The zero-order valence-corrected chi connectivity index (χ0v) is 14.9. The first kappa shape index (κ1) is 16.8. The average Bonchev–Trinajstić information content (AvgIpc) is 3.07. The molecule has 0 N–H and O–H groups in total. The molecule has 1 aromatic heterocycles. The molecule has 7 nitrogen and oxygen atoms in total. The Morgan fingerprint density at radius 1 is 1.19 bits per heavy atom. The highest BCUT2D eigenvalue weighted by Crippen LogP contribution is 2.39. The van der Waals surface area contributed by atoms with E-state index in [0.717, 1.165) is 19.4 Å². The van der Waals surface area contributed by atoms with Gasteiger partial charge in [-0.15, -0.1) is 0 Å². The predicted octanol–water partition coefficient (Wildman–Crippen LogP) is 0.867. The summed E-state index contributed by atoms with van der Waals surface area (Å²) in [5.74, 6) is 0.00525. The van der Waals surface area contributed by atoms with Gasteiger partial charge in [-0.25, -0.2) is 4.98 Å². The van der Waals surface area contributed by atoms with E-state index in [0.29, 0.717) is 30.4 Å². The first-order valence-electron chi connectivity index (χ1n) is 8.98. The Balaban J connectivity index is 1.52. The number of carbonyl (C=O) groups is 2. The number of carbonyl (C=O) groups excluding carboxylic acids is 2. The predicted molar refractivity (Wildman–Crippen MR) is 96.5 cm³/mol. The Morgan fingerprint density at radius 3 is 2.85 bits per heavy atom. The van der Waals surface area contributed by atoms with Gasteiger partial charge in [-0.3, -0.25) is 19.0 Å². The maximum Gasteiger partial charge on any atom is 0.261 e. The van der Waals surface area contributed by atoms with Crippen molar-refractivity contribution in [2.75, 3.05) is 26.7 Å². The van der Waals surface area contributed by atoms with E-state index in [4.69, 9.17) is 0 Å². The van der Waals surface area contributed by atoms with Crippen LogP contribution < -0.4 is 5.56 Å². The minimum absolute atomic E-state index is 0.0449. The molecule has 0 saturated carbocycles. The molecule has 7 heteroatoms. The Kier molecular flexibility index (Phi) is 4.01. The fraction of sp³-hybridized carbons (Fsp3) is 0.474. The Bertz CT molecular complexity index is 938. The minimum atomic E-state index is -0.435. The second-order valence-corrected chi connectivity index (χ2v) is 7.37. The number of benzene rings is 1. The van der Waals surface area contributed by atoms with Crippen molar-refractivity contribution in [2.24, 2.45) is 5.41 Å². The first-order chi connectivity index (χ1) is 12.5. The van der Waals surface area contributed by atoms with Crippen molar-refractivity contribution in [1.82, 2.24) is 19.4 Å². The summed E-state index contributed by atoms with van der Waals surface area (Å²) < 4.78 is 1.35. The van der Waals surface area contributed by atoms with E-state index in [1.165, 1.54) is 10.9 Å². The van der Waals surface area contributed by atoms with Crippen LogP contribution in [0.1, 0.15) is 19.3 Å². The van der Waals surface area contributed by atoms with Gasteiger partial charge in [0.15, 0.2) is 0 Å². The molecule has 0 bridgehead atoms. The van der Waals surface area contributed by atoms with E-state index in [1.54, 1.807) is 28.0 Å². The van der Waals surface area contributed by atoms with Crippen molar-refractivity contribution in [3.8, 4) is 0 Å². The lowest BCUT2D eigenvalue weighted by atomic mass is 9.78. The number of para-hydroxylation sites is 1. The summed E-state index contributed by atoms with van der Waals surface area (Å²) in [6, 6.07) is 7.10. The molecular weight excluding hydrogens is 332 g/mol. The van der Waals surface area contributed by atoms with Crippen LogP contribution in [0.15, 0.2) is 35.4 Å². The second-order valence-electron chi connectivity index (χ2n) is 7.37. The summed E-state index contributed by atoms with van der Waals surface area (Å²) >= 11 is 0. The highest BCUT2D eigenvalue weighted by atomic mass is 16.2. The Morgan fingerprint density at radius 2 is 2.00 bits per heavy atom. The zero-order valence-electron chi connectivity index (χ0n) is 14.9. The molecule has 2 aliphatic heterocycles. The third kappa shape index (κ3) is 2.67. The van der Waals surface area contributed by atoms with Crippen LogP contribution >= 0.6 is 0 Å². The van der Waals surface area contributed by atoms with Crippen molar-refractivity contribution in [3.63, 3.8) is 0 Å². The topological polar surface area (TPSA) is 75.5 Å². The van der Waals surface area contributed by atoms with Crippen LogP contribution in [0, 0.1) is 5.41 Å². The van der Waals surface area contributed by atoms with Crippen LogP contribution in [-0.2, 0) is 16.1 Å². The first-order valence-corrected chi connectivity index (χ1v) is 8.98. The molecule has 1 aromatic carbocycles. The summed E-state index contributed by atoms with van der Waals surface area (Å²) in [6.07, 6.45) is 3.93. The Hall–Kier alpha value is -2.70. The lowest BCUT2D eigenvalue weighted by molar-refractivity contribution is -0.144. The monoisotopic (exact) mass is 354 g/mol. The van der Waals surface area contributed by atoms with Gasteiger partial charge in [-0.05, 0) is 31.4 Å². The van der Waals surface area contributed by atoms with Gasteiger partial charge in [-0.2, -0.15) is 0 Å². The zero-order chi connectivity index (χ0) is 18.3. The highest BCUT2D eigenvalue weighted by molar-refractivity contribution is 5.86. The molecule has 0 aliphatic carbocycles. The smallest absolute Gasteiger partial charge is 0.261 e. The van der Waals surface area contributed by atoms with Gasteiger partial charge in [0.05, 0.1) is 22.6 Å². The second kappa shape index (κ2) is 6.23. The molecule has 0 unspecified atom stereocenters. The van der Waals surface area contributed by atoms with Crippen LogP contribution in [0.4, 0.5) is 0 Å². The van der Waals surface area contributed by atoms with E-state index in [-0.39, 0.29) is 23.9 Å². The number of amides is 2. The molecule has 2 saturated heterocycles. The van der Waals surface area contributed by atoms with Crippen LogP contribution in [0.3, 0.4) is 0 Å². The van der Waals surface area contributed by atoms with Crippen LogP contribution in [0.2, 0.25) is 0 Å². The maximum absolute atomic E-state index is 12.7. The molecule has 3 heterocycles. The molecule has 2 aromatic rings. The van der Waals surface area contributed by atoms with Gasteiger partial charge in [0, 0.05) is 26.7 Å². The van der Waals surface area contributed by atoms with E-state index in [2.05, 4.69) is 4.98 Å². The van der Waals surface area contributed by atoms with E-state index in [9.17, 15) is 14.4 Å². The SMILES string of the molecule is CN1CCC[C@@]2(CCN(C(=O)Cn3cnc4ccccc4c3=O)C2)C1=O. The molecular formula is C19H22N4O3. The van der Waals surface area contributed by atoms with Crippen LogP contribution in [-0.4, -0.2) is 57.8 Å². The number of piperidine rings is 1. The van der Waals surface area contributed by atoms with Crippen LogP contribution in [0.25, 0.3) is 10.9 Å². The number of likely N-dealkylation sites (tertiary alicyclic amines) is 2. The number of fused-ring (bicyclic) bond motifs is 1. The quantitative estimate of drug-likeness (QED) is 0.802. The van der Waals surface area contributed by atoms with E-state index in [1.807, 2.05) is 13.1 Å². The molecule has 1 atom stereocenters. The summed E-state index contributed by atoms with van der Waals surface area (Å²) in [7, 11) is 1.83. The van der Waals surface area contributed by atoms with Crippen molar-refractivity contribution in [1.29, 1.82) is 0 Å². The third-order valence-corrected chi connectivity index (χ3v) is 5.69. The highest BCUT2D eigenvalue weighted by Gasteiger charge is 2.48. The van der Waals surface area contributed by atoms with Crippen molar-refractivity contribution in [3.05, 3.63) is 40.9 Å². The normalized spacial score (nSPS) is 23.2. The number of rotatable bonds is 2. The number of aromatic nitrogens is 2. The minimum Gasteiger partial charge on any atom is -0.345 e. The van der Waals surface area contributed by atoms with Crippen molar-refractivity contribution >= 4 is 22.7 Å². The van der Waals surface area contributed by atoms with Crippen LogP contribution in [0.5, 0.6) is 0 Å². The summed E-state index contributed by atoms with van der Waals surface area (Å²) in [4.78, 5) is 45.6. The van der Waals surface area contributed by atoms with Crippen molar-refractivity contribution < 1.29 is 9.59 Å². The van der Waals surface area contributed by atoms with E-state index < -0.39 is 5.41 Å². The molecule has 136 valence electrons. The molecule has 0 radical (unpaired) electrons. The molecule has 2 fully saturated rings. The lowest BCUT2D eigenvalue weighted by Gasteiger charge is -2.37. The lowest BCUT2D eigenvalue weighted by Crippen LogP contribution is -2.49. The number of nitrogens with zero attached hydrogens (tertiary/aromatic N) is 4. The van der Waals surface area contributed by atoms with Gasteiger partial charge in [0.1, 0.15) is 6.54 Å². The maximum atomic E-state index is 12.7. The molecule has 2 amide bonds. The van der Waals surface area contributed by atoms with Gasteiger partial charge in [-0.1, -0.05) is 12.1 Å². The summed E-state index contributed by atoms with van der Waals surface area (Å²) in [5, 5.41) is 0.504. The molecule has 26 heavy (non-hydrogen) atoms. The van der Waals surface area contributed by atoms with Gasteiger partial charge in [0.2, 0.25) is 11.8 Å². The third-order valence-electron chi connectivity index (χ3n) is 5.69. The van der Waals surface area contributed by atoms with Gasteiger partial charge < -0.3 is 9.80 Å². The van der Waals surface area contributed by atoms with Crippen molar-refractivity contribution in [2.45, 2.75) is 25.8 Å². The fourth-order valence-electron chi connectivity index (χ4n) is 4.20. The number of hydrogen-bond donors (Lipinski definition) is 0. The van der Waals surface area contributed by atoms with Gasteiger partial charge >= 0.3 is 0 Å².